The number of aromatic nitrogens is 2. The molecular formula is C12H11FN2O3. The molecule has 0 radical (unpaired) electrons. The highest BCUT2D eigenvalue weighted by Crippen LogP contribution is 2.14. The van der Waals surface area contributed by atoms with E-state index in [0.717, 1.165) is 0 Å². The topological polar surface area (TPSA) is 64.3 Å². The van der Waals surface area contributed by atoms with E-state index < -0.39 is 5.97 Å². The summed E-state index contributed by atoms with van der Waals surface area (Å²) in [6, 6.07) is 5.97. The first-order valence-corrected chi connectivity index (χ1v) is 5.30. The second-order valence-corrected chi connectivity index (χ2v) is 3.59. The van der Waals surface area contributed by atoms with Crippen LogP contribution in [0.5, 0.6) is 5.75 Å². The van der Waals surface area contributed by atoms with Gasteiger partial charge >= 0.3 is 5.97 Å². The van der Waals surface area contributed by atoms with Gasteiger partial charge in [0.2, 0.25) is 0 Å². The Balaban J connectivity index is 2.04. The Morgan fingerprint density at radius 2 is 2.33 bits per heavy atom. The Morgan fingerprint density at radius 3 is 3.06 bits per heavy atom. The van der Waals surface area contributed by atoms with Gasteiger partial charge in [-0.2, -0.15) is 5.10 Å². The number of carboxylic acids is 1. The van der Waals surface area contributed by atoms with Crippen LogP contribution in [0.15, 0.2) is 36.7 Å². The number of aliphatic carboxylic acids is 1. The quantitative estimate of drug-likeness (QED) is 0.879. The molecule has 0 saturated carbocycles. The monoisotopic (exact) mass is 250 g/mol. The molecule has 0 bridgehead atoms. The molecule has 0 aliphatic carbocycles. The summed E-state index contributed by atoms with van der Waals surface area (Å²) < 4.78 is 19.7. The summed E-state index contributed by atoms with van der Waals surface area (Å²) in [5, 5.41) is 12.5. The minimum absolute atomic E-state index is 0.0736. The number of rotatable bonds is 5. The third kappa shape index (κ3) is 3.07. The Morgan fingerprint density at radius 1 is 1.50 bits per heavy atom. The van der Waals surface area contributed by atoms with Gasteiger partial charge in [-0.1, -0.05) is 6.07 Å². The number of benzene rings is 1. The summed E-state index contributed by atoms with van der Waals surface area (Å²) in [6.07, 6.45) is 2.94. The summed E-state index contributed by atoms with van der Waals surface area (Å²) in [4.78, 5) is 10.3. The maximum atomic E-state index is 13.0. The van der Waals surface area contributed by atoms with Crippen LogP contribution < -0.4 is 4.74 Å². The van der Waals surface area contributed by atoms with Crippen LogP contribution in [0.25, 0.3) is 5.69 Å². The van der Waals surface area contributed by atoms with Crippen molar-refractivity contribution in [3.8, 4) is 11.4 Å². The molecule has 0 fully saturated rings. The van der Waals surface area contributed by atoms with Gasteiger partial charge in [0.25, 0.3) is 0 Å². The van der Waals surface area contributed by atoms with Crippen LogP contribution in [0.3, 0.4) is 0 Å². The zero-order chi connectivity index (χ0) is 13.0. The Bertz CT molecular complexity index is 554. The fourth-order valence-corrected chi connectivity index (χ4v) is 1.40. The zero-order valence-electron chi connectivity index (χ0n) is 9.41. The predicted molar refractivity (Wildman–Crippen MR) is 61.3 cm³/mol. The maximum Gasteiger partial charge on any atom is 0.306 e. The molecule has 1 aromatic carbocycles. The molecule has 94 valence electrons. The lowest BCUT2D eigenvalue weighted by Crippen LogP contribution is -2.04. The third-order valence-electron chi connectivity index (χ3n) is 2.22. The van der Waals surface area contributed by atoms with Crippen molar-refractivity contribution in [1.29, 1.82) is 0 Å². The highest BCUT2D eigenvalue weighted by atomic mass is 19.1. The standard InChI is InChI=1S/C12H11FN2O3/c13-9-2-1-3-10(6-9)15-8-11(7-14-15)18-5-4-12(16)17/h1-3,6-8H,4-5H2,(H,16,17). The van der Waals surface area contributed by atoms with Gasteiger partial charge in [0, 0.05) is 0 Å². The first kappa shape index (κ1) is 12.1. The summed E-state index contributed by atoms with van der Waals surface area (Å²) in [7, 11) is 0. The number of carbonyl (C=O) groups is 1. The van der Waals surface area contributed by atoms with Gasteiger partial charge in [-0.05, 0) is 18.2 Å². The SMILES string of the molecule is O=C(O)CCOc1cnn(-c2cccc(F)c2)c1. The number of nitrogens with zero attached hydrogens (tertiary/aromatic N) is 2. The van der Waals surface area contributed by atoms with Crippen LogP contribution in [-0.2, 0) is 4.79 Å². The van der Waals surface area contributed by atoms with E-state index in [1.54, 1.807) is 18.3 Å². The predicted octanol–water partition coefficient (Wildman–Crippen LogP) is 1.86. The van der Waals surface area contributed by atoms with E-state index in [0.29, 0.717) is 11.4 Å². The van der Waals surface area contributed by atoms with Crippen LogP contribution >= 0.6 is 0 Å². The van der Waals surface area contributed by atoms with Crippen molar-refractivity contribution in [1.82, 2.24) is 9.78 Å². The zero-order valence-corrected chi connectivity index (χ0v) is 9.41. The smallest absolute Gasteiger partial charge is 0.306 e. The number of carboxylic acid groups (broad SMARTS) is 1. The molecule has 0 spiro atoms. The highest BCUT2D eigenvalue weighted by molar-refractivity contribution is 5.66. The molecular weight excluding hydrogens is 239 g/mol. The first-order chi connectivity index (χ1) is 8.65. The number of hydrogen-bond acceptors (Lipinski definition) is 3. The minimum atomic E-state index is -0.924. The molecule has 2 aromatic rings. The van der Waals surface area contributed by atoms with Crippen molar-refractivity contribution in [2.24, 2.45) is 0 Å². The van der Waals surface area contributed by atoms with Gasteiger partial charge in [-0.15, -0.1) is 0 Å². The van der Waals surface area contributed by atoms with Crippen molar-refractivity contribution in [2.45, 2.75) is 6.42 Å². The third-order valence-corrected chi connectivity index (χ3v) is 2.22. The molecule has 6 heteroatoms. The molecule has 1 aromatic heterocycles. The Labute approximate surface area is 102 Å². The van der Waals surface area contributed by atoms with Gasteiger partial charge in [0.15, 0.2) is 5.75 Å². The normalized spacial score (nSPS) is 10.3. The second kappa shape index (κ2) is 5.31. The molecule has 0 aliphatic rings. The molecule has 18 heavy (non-hydrogen) atoms. The molecule has 5 nitrogen and oxygen atoms in total. The van der Waals surface area contributed by atoms with E-state index in [1.807, 2.05) is 0 Å². The molecule has 0 aliphatic heterocycles. The highest BCUT2D eigenvalue weighted by Gasteiger charge is 2.04. The Kier molecular flexibility index (Phi) is 3.57. The number of ether oxygens (including phenoxy) is 1. The fourth-order valence-electron chi connectivity index (χ4n) is 1.40. The van der Waals surface area contributed by atoms with Gasteiger partial charge in [-0.3, -0.25) is 4.79 Å². The van der Waals surface area contributed by atoms with E-state index in [-0.39, 0.29) is 18.8 Å². The van der Waals surface area contributed by atoms with Crippen LogP contribution in [0.1, 0.15) is 6.42 Å². The van der Waals surface area contributed by atoms with E-state index in [4.69, 9.17) is 9.84 Å². The lowest BCUT2D eigenvalue weighted by molar-refractivity contribution is -0.137. The van der Waals surface area contributed by atoms with E-state index in [1.165, 1.54) is 23.0 Å². The van der Waals surface area contributed by atoms with Crippen molar-refractivity contribution in [3.05, 3.63) is 42.5 Å². The van der Waals surface area contributed by atoms with Gasteiger partial charge in [0.1, 0.15) is 5.82 Å². The largest absolute Gasteiger partial charge is 0.490 e. The minimum Gasteiger partial charge on any atom is -0.490 e. The summed E-state index contributed by atoms with van der Waals surface area (Å²) in [5.41, 5.74) is 0.572. The van der Waals surface area contributed by atoms with Crippen molar-refractivity contribution in [3.63, 3.8) is 0 Å². The average molecular weight is 250 g/mol. The van der Waals surface area contributed by atoms with E-state index >= 15 is 0 Å². The van der Waals surface area contributed by atoms with Crippen LogP contribution in [0.4, 0.5) is 4.39 Å². The molecule has 0 unspecified atom stereocenters. The fraction of sp³-hybridized carbons (Fsp3) is 0.167. The van der Waals surface area contributed by atoms with Crippen molar-refractivity contribution in [2.75, 3.05) is 6.61 Å². The van der Waals surface area contributed by atoms with Gasteiger partial charge in [-0.25, -0.2) is 9.07 Å². The lowest BCUT2D eigenvalue weighted by Gasteiger charge is -2.01. The molecule has 0 atom stereocenters. The maximum absolute atomic E-state index is 13.0. The average Bonchev–Trinajstić information content (AvgIpc) is 2.77. The van der Waals surface area contributed by atoms with Crippen molar-refractivity contribution < 1.29 is 19.0 Å². The van der Waals surface area contributed by atoms with Crippen LogP contribution in [0.2, 0.25) is 0 Å². The summed E-state index contributed by atoms with van der Waals surface area (Å²) in [6.45, 7) is 0.0736. The molecule has 2 rings (SSSR count). The molecule has 0 saturated heterocycles. The molecule has 0 amide bonds. The van der Waals surface area contributed by atoms with E-state index in [2.05, 4.69) is 5.10 Å². The van der Waals surface area contributed by atoms with Crippen LogP contribution in [0, 0.1) is 5.82 Å². The van der Waals surface area contributed by atoms with Gasteiger partial charge < -0.3 is 9.84 Å². The molecule has 1 N–H and O–H groups in total. The number of hydrogen-bond donors (Lipinski definition) is 1. The Hall–Kier alpha value is -2.37. The van der Waals surface area contributed by atoms with Crippen LogP contribution in [-0.4, -0.2) is 27.5 Å². The molecule has 1 heterocycles. The lowest BCUT2D eigenvalue weighted by atomic mass is 10.3. The number of halogens is 1. The summed E-state index contributed by atoms with van der Waals surface area (Å²) in [5.74, 6) is -0.829. The van der Waals surface area contributed by atoms with Gasteiger partial charge in [0.05, 0.1) is 31.1 Å². The summed E-state index contributed by atoms with van der Waals surface area (Å²) >= 11 is 0. The van der Waals surface area contributed by atoms with Crippen molar-refractivity contribution >= 4 is 5.97 Å². The van der Waals surface area contributed by atoms with E-state index in [9.17, 15) is 9.18 Å². The first-order valence-electron chi connectivity index (χ1n) is 5.30. The second-order valence-electron chi connectivity index (χ2n) is 3.59.